The summed E-state index contributed by atoms with van der Waals surface area (Å²) in [5.41, 5.74) is 3.53. The predicted octanol–water partition coefficient (Wildman–Crippen LogP) is 5.76. The van der Waals surface area contributed by atoms with Crippen LogP contribution in [-0.2, 0) is 0 Å². The third-order valence-electron chi connectivity index (χ3n) is 6.20. The molecule has 1 aliphatic carbocycles. The number of hydroxylamine groups is 1. The molecule has 0 bridgehead atoms. The van der Waals surface area contributed by atoms with Gasteiger partial charge in [0.05, 0.1) is 17.1 Å². The number of halogens is 1. The van der Waals surface area contributed by atoms with Crippen molar-refractivity contribution in [2.24, 2.45) is 0 Å². The Bertz CT molecular complexity index is 1050. The Morgan fingerprint density at radius 2 is 1.88 bits per heavy atom. The third-order valence-corrected chi connectivity index (χ3v) is 6.20. The number of hydrogen-bond donors (Lipinski definition) is 3. The first-order chi connectivity index (χ1) is 15.9. The summed E-state index contributed by atoms with van der Waals surface area (Å²) < 4.78 is 14.5. The molecule has 2 aromatic carbocycles. The Hall–Kier alpha value is -3.26. The van der Waals surface area contributed by atoms with Gasteiger partial charge >= 0.3 is 6.03 Å². The molecule has 1 heterocycles. The van der Waals surface area contributed by atoms with Crippen LogP contribution in [-0.4, -0.2) is 30.3 Å². The van der Waals surface area contributed by atoms with Crippen molar-refractivity contribution < 1.29 is 9.18 Å². The van der Waals surface area contributed by atoms with E-state index in [0.717, 1.165) is 47.8 Å². The average Bonchev–Trinajstić information content (AvgIpc) is 2.80. The Morgan fingerprint density at radius 1 is 1.12 bits per heavy atom. The Balaban J connectivity index is 1.62. The normalized spacial score (nSPS) is 16.4. The van der Waals surface area contributed by atoms with Gasteiger partial charge in [0.1, 0.15) is 5.82 Å². The lowest BCUT2D eigenvalue weighted by Crippen LogP contribution is -2.44. The van der Waals surface area contributed by atoms with E-state index in [1.165, 1.54) is 18.6 Å². The Labute approximate surface area is 194 Å². The van der Waals surface area contributed by atoms with Gasteiger partial charge < -0.3 is 26.3 Å². The molecule has 1 aliphatic heterocycles. The molecule has 0 atom stereocenters. The van der Waals surface area contributed by atoms with Crippen LogP contribution in [0.3, 0.4) is 0 Å². The van der Waals surface area contributed by atoms with Crippen LogP contribution in [0, 0.1) is 11.0 Å². The zero-order valence-corrected chi connectivity index (χ0v) is 19.3. The van der Waals surface area contributed by atoms with Crippen LogP contribution in [0.15, 0.2) is 36.4 Å². The van der Waals surface area contributed by atoms with Gasteiger partial charge in [-0.2, -0.15) is 0 Å². The van der Waals surface area contributed by atoms with E-state index in [1.54, 1.807) is 17.2 Å². The van der Waals surface area contributed by atoms with Crippen molar-refractivity contribution in [3.63, 3.8) is 0 Å². The number of nitrogens with zero attached hydrogens (tertiary/aromatic N) is 2. The fourth-order valence-electron chi connectivity index (χ4n) is 4.49. The molecule has 1 fully saturated rings. The minimum absolute atomic E-state index is 0.0440. The third kappa shape index (κ3) is 4.90. The number of carbonyl (C=O) groups is 1. The molecule has 0 spiro atoms. The van der Waals surface area contributed by atoms with Crippen LogP contribution >= 0.6 is 0 Å². The number of rotatable bonds is 5. The van der Waals surface area contributed by atoms with Gasteiger partial charge in [0.25, 0.3) is 0 Å². The van der Waals surface area contributed by atoms with E-state index in [0.29, 0.717) is 11.3 Å². The number of nitrogens with one attached hydrogen (secondary N) is 3. The molecule has 2 amide bonds. The largest absolute Gasteiger partial charge is 0.738 e. The lowest BCUT2D eigenvalue weighted by atomic mass is 9.96. The molecule has 1 saturated carbocycles. The van der Waals surface area contributed by atoms with Crippen LogP contribution in [0.5, 0.6) is 0 Å². The van der Waals surface area contributed by atoms with Gasteiger partial charge in [0.15, 0.2) is 0 Å². The summed E-state index contributed by atoms with van der Waals surface area (Å²) in [5, 5.41) is 24.5. The first-order valence-electron chi connectivity index (χ1n) is 11.5. The molecule has 33 heavy (non-hydrogen) atoms. The van der Waals surface area contributed by atoms with Gasteiger partial charge in [0.2, 0.25) is 0 Å². The standard InChI is InChI=1S/C25H31FN5O2/c1-16(2)30-23-15-20(27-3)11-9-18(23)14-24(31(30)33)17-10-12-21(26)22(13-17)29-25(32)28-19-7-5-4-6-8-19/h9-16,19,27H,4-8H2,1-3H3,(H2,28,29,32)/q-1. The van der Waals surface area contributed by atoms with Crippen LogP contribution in [0.1, 0.15) is 57.1 Å². The smallest absolute Gasteiger partial charge is 0.319 e. The topological polar surface area (TPSA) is 82.7 Å². The summed E-state index contributed by atoms with van der Waals surface area (Å²) in [6.45, 7) is 3.88. The quantitative estimate of drug-likeness (QED) is 0.537. The van der Waals surface area contributed by atoms with Crippen molar-refractivity contribution in [3.8, 4) is 0 Å². The van der Waals surface area contributed by atoms with E-state index in [1.807, 2.05) is 39.1 Å². The SMILES string of the molecule is CNc1ccc2c(c1)N(C(C)C)N([O-])C(c1ccc(F)c(NC(=O)NC3CCCCC3)c1)=C2. The summed E-state index contributed by atoms with van der Waals surface area (Å²) in [6.07, 6.45) is 7.03. The van der Waals surface area contributed by atoms with Gasteiger partial charge in [-0.15, -0.1) is 0 Å². The molecule has 2 aromatic rings. The van der Waals surface area contributed by atoms with Gasteiger partial charge in [0, 0.05) is 35.9 Å². The second-order valence-corrected chi connectivity index (χ2v) is 8.89. The maximum atomic E-state index is 14.5. The van der Waals surface area contributed by atoms with Crippen molar-refractivity contribution in [1.82, 2.24) is 10.5 Å². The van der Waals surface area contributed by atoms with Gasteiger partial charge in [-0.3, -0.25) is 5.01 Å². The van der Waals surface area contributed by atoms with Crippen LogP contribution in [0.2, 0.25) is 0 Å². The fourth-order valence-corrected chi connectivity index (χ4v) is 4.49. The number of hydrazine groups is 1. The van der Waals surface area contributed by atoms with E-state index in [4.69, 9.17) is 0 Å². The van der Waals surface area contributed by atoms with Crippen LogP contribution in [0.4, 0.5) is 26.2 Å². The van der Waals surface area contributed by atoms with E-state index >= 15 is 0 Å². The van der Waals surface area contributed by atoms with E-state index in [-0.39, 0.29) is 17.8 Å². The summed E-state index contributed by atoms with van der Waals surface area (Å²) in [7, 11) is 1.83. The van der Waals surface area contributed by atoms with E-state index < -0.39 is 11.8 Å². The molecular formula is C25H31FN5O2-. The molecule has 0 saturated heterocycles. The maximum Gasteiger partial charge on any atom is 0.319 e. The van der Waals surface area contributed by atoms with Gasteiger partial charge in [-0.1, -0.05) is 25.3 Å². The second kappa shape index (κ2) is 9.70. The van der Waals surface area contributed by atoms with Gasteiger partial charge in [-0.05, 0) is 63.1 Å². The molecule has 0 radical (unpaired) electrons. The number of fused-ring (bicyclic) bond motifs is 1. The molecule has 3 N–H and O–H groups in total. The minimum Gasteiger partial charge on any atom is -0.738 e. The number of carbonyl (C=O) groups excluding carboxylic acids is 1. The molecule has 4 rings (SSSR count). The van der Waals surface area contributed by atoms with E-state index in [2.05, 4.69) is 16.0 Å². The zero-order chi connectivity index (χ0) is 23.5. The summed E-state index contributed by atoms with van der Waals surface area (Å²) in [4.78, 5) is 12.5. The highest BCUT2D eigenvalue weighted by atomic mass is 19.1. The van der Waals surface area contributed by atoms with Crippen molar-refractivity contribution >= 4 is 34.9 Å². The lowest BCUT2D eigenvalue weighted by Gasteiger charge is -2.49. The monoisotopic (exact) mass is 452 g/mol. The number of anilines is 3. The minimum atomic E-state index is -0.550. The molecule has 0 unspecified atom stereocenters. The maximum absolute atomic E-state index is 14.5. The van der Waals surface area contributed by atoms with Crippen LogP contribution in [0.25, 0.3) is 11.8 Å². The first-order valence-corrected chi connectivity index (χ1v) is 11.5. The highest BCUT2D eigenvalue weighted by Gasteiger charge is 2.24. The Kier molecular flexibility index (Phi) is 6.74. The summed E-state index contributed by atoms with van der Waals surface area (Å²) >= 11 is 0. The molecule has 7 nitrogen and oxygen atoms in total. The molecular weight excluding hydrogens is 421 g/mol. The highest BCUT2D eigenvalue weighted by molar-refractivity contribution is 5.93. The lowest BCUT2D eigenvalue weighted by molar-refractivity contribution is 0.244. The molecule has 8 heteroatoms. The van der Waals surface area contributed by atoms with Crippen molar-refractivity contribution in [3.05, 3.63) is 58.5 Å². The van der Waals surface area contributed by atoms with Crippen LogP contribution < -0.4 is 21.0 Å². The molecule has 0 aromatic heterocycles. The average molecular weight is 453 g/mol. The second-order valence-electron chi connectivity index (χ2n) is 8.89. The summed E-state index contributed by atoms with van der Waals surface area (Å²) in [6, 6.07) is 9.75. The summed E-state index contributed by atoms with van der Waals surface area (Å²) in [5.74, 6) is -0.550. The molecule has 176 valence electrons. The Morgan fingerprint density at radius 3 is 2.58 bits per heavy atom. The molecule has 2 aliphatic rings. The van der Waals surface area contributed by atoms with E-state index in [9.17, 15) is 14.4 Å². The van der Waals surface area contributed by atoms with Crippen molar-refractivity contribution in [2.45, 2.75) is 58.0 Å². The highest BCUT2D eigenvalue weighted by Crippen LogP contribution is 2.39. The van der Waals surface area contributed by atoms with Gasteiger partial charge in [-0.25, -0.2) is 9.18 Å². The number of urea groups is 1. The fraction of sp³-hybridized carbons (Fsp3) is 0.400. The first kappa shape index (κ1) is 22.9. The number of benzene rings is 2. The number of hydrogen-bond acceptors (Lipinski definition) is 5. The zero-order valence-electron chi connectivity index (χ0n) is 19.3. The van der Waals surface area contributed by atoms with Crippen molar-refractivity contribution in [2.75, 3.05) is 22.7 Å². The van der Waals surface area contributed by atoms with Crippen molar-refractivity contribution in [1.29, 1.82) is 0 Å². The number of amides is 2. The predicted molar refractivity (Wildman–Crippen MR) is 132 cm³/mol.